The minimum Gasteiger partial charge on any atom is -0.351 e. The van der Waals surface area contributed by atoms with Crippen LogP contribution in [-0.4, -0.2) is 55.5 Å². The maximum absolute atomic E-state index is 13.5. The molecule has 0 radical (unpaired) electrons. The zero-order valence-electron chi connectivity index (χ0n) is 16.0. The molecule has 0 unspecified atom stereocenters. The number of hydrogen-bond acceptors (Lipinski definition) is 3. The fourth-order valence-corrected chi connectivity index (χ4v) is 4.74. The summed E-state index contributed by atoms with van der Waals surface area (Å²) in [5.41, 5.74) is 3.49. The normalized spacial score (nSPS) is 19.6. The Hall–Kier alpha value is -3.16. The minimum absolute atomic E-state index is 0.00196. The highest BCUT2D eigenvalue weighted by Gasteiger charge is 2.53. The molecule has 1 aromatic carbocycles. The van der Waals surface area contributed by atoms with Gasteiger partial charge in [0.25, 0.3) is 11.8 Å². The maximum Gasteiger partial charge on any atom is 0.272 e. The molecule has 7 nitrogen and oxygen atoms in total. The SMILES string of the molecule is CN1C(=O)c2c3c(nn2CC12CC2)CCN(C(=O)c1cc2cc(F)ccc2[nH]1)C3. The van der Waals surface area contributed by atoms with Crippen molar-refractivity contribution >= 4 is 22.7 Å². The predicted octanol–water partition coefficient (Wildman–Crippen LogP) is 2.32. The smallest absolute Gasteiger partial charge is 0.272 e. The van der Waals surface area contributed by atoms with Crippen LogP contribution in [0.3, 0.4) is 0 Å². The van der Waals surface area contributed by atoms with E-state index in [1.807, 2.05) is 16.6 Å². The molecule has 0 saturated heterocycles. The van der Waals surface area contributed by atoms with Crippen molar-refractivity contribution in [2.24, 2.45) is 0 Å². The van der Waals surface area contributed by atoms with Gasteiger partial charge in [-0.2, -0.15) is 5.10 Å². The molecule has 1 spiro atoms. The summed E-state index contributed by atoms with van der Waals surface area (Å²) in [4.78, 5) is 32.8. The van der Waals surface area contributed by atoms with Gasteiger partial charge in [0, 0.05) is 36.5 Å². The van der Waals surface area contributed by atoms with E-state index in [4.69, 9.17) is 5.10 Å². The number of aromatic nitrogens is 3. The largest absolute Gasteiger partial charge is 0.351 e. The number of nitrogens with zero attached hydrogens (tertiary/aromatic N) is 4. The van der Waals surface area contributed by atoms with Gasteiger partial charge in [-0.15, -0.1) is 0 Å². The van der Waals surface area contributed by atoms with Gasteiger partial charge >= 0.3 is 0 Å². The van der Waals surface area contributed by atoms with Crippen LogP contribution in [0.15, 0.2) is 24.3 Å². The van der Waals surface area contributed by atoms with Gasteiger partial charge in [-0.05, 0) is 37.1 Å². The molecule has 1 saturated carbocycles. The number of carbonyl (C=O) groups excluding carboxylic acids is 2. The average Bonchev–Trinajstić information content (AvgIpc) is 3.20. The molecule has 1 aliphatic carbocycles. The Morgan fingerprint density at radius 1 is 1.28 bits per heavy atom. The number of rotatable bonds is 1. The first-order chi connectivity index (χ1) is 13.9. The molecule has 8 heteroatoms. The number of carbonyl (C=O) groups is 2. The summed E-state index contributed by atoms with van der Waals surface area (Å²) in [5.74, 6) is -0.485. The van der Waals surface area contributed by atoms with Crippen molar-refractivity contribution < 1.29 is 14.0 Å². The predicted molar refractivity (Wildman–Crippen MR) is 103 cm³/mol. The Balaban J connectivity index is 1.33. The van der Waals surface area contributed by atoms with Crippen LogP contribution in [0.5, 0.6) is 0 Å². The Morgan fingerprint density at radius 2 is 2.10 bits per heavy atom. The fraction of sp³-hybridized carbons (Fsp3) is 0.381. The molecule has 0 atom stereocenters. The van der Waals surface area contributed by atoms with Crippen molar-refractivity contribution in [2.45, 2.75) is 37.9 Å². The van der Waals surface area contributed by atoms with E-state index >= 15 is 0 Å². The average molecular weight is 393 g/mol. The lowest BCUT2D eigenvalue weighted by molar-refractivity contribution is 0.0604. The van der Waals surface area contributed by atoms with Crippen LogP contribution in [-0.2, 0) is 19.5 Å². The van der Waals surface area contributed by atoms with E-state index in [1.165, 1.54) is 12.1 Å². The van der Waals surface area contributed by atoms with Crippen molar-refractivity contribution in [3.05, 3.63) is 52.7 Å². The third kappa shape index (κ3) is 2.31. The highest BCUT2D eigenvalue weighted by atomic mass is 19.1. The third-order valence-electron chi connectivity index (χ3n) is 6.69. The number of hydrogen-bond donors (Lipinski definition) is 1. The quantitative estimate of drug-likeness (QED) is 0.690. The number of aromatic amines is 1. The molecule has 3 aliphatic rings. The van der Waals surface area contributed by atoms with E-state index in [-0.39, 0.29) is 23.2 Å². The van der Waals surface area contributed by atoms with Gasteiger partial charge in [-0.25, -0.2) is 4.39 Å². The van der Waals surface area contributed by atoms with Crippen LogP contribution in [0.1, 0.15) is 45.1 Å². The summed E-state index contributed by atoms with van der Waals surface area (Å²) in [6.07, 6.45) is 2.66. The van der Waals surface area contributed by atoms with Crippen LogP contribution in [0.4, 0.5) is 4.39 Å². The zero-order chi connectivity index (χ0) is 19.9. The summed E-state index contributed by atoms with van der Waals surface area (Å²) in [5, 5.41) is 5.37. The number of H-pyrrole nitrogens is 1. The number of amides is 2. The highest BCUT2D eigenvalue weighted by molar-refractivity contribution is 5.99. The van der Waals surface area contributed by atoms with Gasteiger partial charge in [0.05, 0.1) is 24.3 Å². The molecule has 1 N–H and O–H groups in total. The maximum atomic E-state index is 13.5. The van der Waals surface area contributed by atoms with Gasteiger partial charge in [0.2, 0.25) is 0 Å². The Labute approximate surface area is 166 Å². The molecule has 29 heavy (non-hydrogen) atoms. The van der Waals surface area contributed by atoms with E-state index in [0.717, 1.165) is 36.2 Å². The summed E-state index contributed by atoms with van der Waals surface area (Å²) < 4.78 is 15.3. The monoisotopic (exact) mass is 393 g/mol. The first kappa shape index (κ1) is 16.8. The fourth-order valence-electron chi connectivity index (χ4n) is 4.74. The summed E-state index contributed by atoms with van der Waals surface area (Å²) in [6, 6.07) is 6.09. The van der Waals surface area contributed by atoms with Crippen molar-refractivity contribution in [2.75, 3.05) is 13.6 Å². The number of likely N-dealkylation sites (N-methyl/N-ethyl adjacent to an activating group) is 1. The topological polar surface area (TPSA) is 74.2 Å². The lowest BCUT2D eigenvalue weighted by Crippen LogP contribution is -2.48. The molecule has 2 aromatic heterocycles. The number of benzene rings is 1. The standard InChI is InChI=1S/C21H20FN5O2/c1-25-20(29)18-14-10-26(7-4-16(14)24-27(18)11-21(25)5-6-21)19(28)17-9-12-8-13(22)2-3-15(12)23-17/h2-3,8-9,23H,4-7,10-11H2,1H3. The van der Waals surface area contributed by atoms with Crippen molar-refractivity contribution in [3.8, 4) is 0 Å². The molecule has 6 rings (SSSR count). The Kier molecular flexibility index (Phi) is 3.16. The lowest BCUT2D eigenvalue weighted by atomic mass is 10.0. The van der Waals surface area contributed by atoms with E-state index in [2.05, 4.69) is 4.98 Å². The van der Waals surface area contributed by atoms with Gasteiger partial charge in [-0.3, -0.25) is 14.3 Å². The molecule has 3 aromatic rings. The lowest BCUT2D eigenvalue weighted by Gasteiger charge is -2.34. The van der Waals surface area contributed by atoms with Crippen LogP contribution >= 0.6 is 0 Å². The molecule has 1 fully saturated rings. The molecule has 0 bridgehead atoms. The van der Waals surface area contributed by atoms with E-state index < -0.39 is 0 Å². The molecular formula is C21H20FN5O2. The number of fused-ring (bicyclic) bond motifs is 4. The van der Waals surface area contributed by atoms with E-state index in [1.54, 1.807) is 17.0 Å². The van der Waals surface area contributed by atoms with E-state index in [9.17, 15) is 14.0 Å². The third-order valence-corrected chi connectivity index (χ3v) is 6.69. The first-order valence-electron chi connectivity index (χ1n) is 9.89. The van der Waals surface area contributed by atoms with Gasteiger partial charge in [0.1, 0.15) is 17.2 Å². The van der Waals surface area contributed by atoms with Crippen molar-refractivity contribution in [3.63, 3.8) is 0 Å². The van der Waals surface area contributed by atoms with Crippen LogP contribution in [0.25, 0.3) is 10.9 Å². The second kappa shape index (κ2) is 5.46. The Bertz CT molecular complexity index is 1210. The first-order valence-corrected chi connectivity index (χ1v) is 9.89. The van der Waals surface area contributed by atoms with Crippen molar-refractivity contribution in [1.29, 1.82) is 0 Å². The summed E-state index contributed by atoms with van der Waals surface area (Å²) in [7, 11) is 1.87. The second-order valence-electron chi connectivity index (χ2n) is 8.41. The summed E-state index contributed by atoms with van der Waals surface area (Å²) >= 11 is 0. The second-order valence-corrected chi connectivity index (χ2v) is 8.41. The zero-order valence-corrected chi connectivity index (χ0v) is 16.0. The van der Waals surface area contributed by atoms with Crippen LogP contribution in [0.2, 0.25) is 0 Å². The van der Waals surface area contributed by atoms with Crippen LogP contribution in [0, 0.1) is 5.82 Å². The molecule has 2 amide bonds. The molecule has 148 valence electrons. The molecule has 2 aliphatic heterocycles. The molecule has 4 heterocycles. The number of halogens is 1. The number of nitrogens with one attached hydrogen (secondary N) is 1. The highest BCUT2D eigenvalue weighted by Crippen LogP contribution is 2.46. The van der Waals surface area contributed by atoms with Gasteiger partial charge in [0.15, 0.2) is 0 Å². The van der Waals surface area contributed by atoms with Crippen molar-refractivity contribution in [1.82, 2.24) is 24.6 Å². The Morgan fingerprint density at radius 3 is 2.90 bits per heavy atom. The van der Waals surface area contributed by atoms with Gasteiger partial charge < -0.3 is 14.8 Å². The van der Waals surface area contributed by atoms with Crippen LogP contribution < -0.4 is 0 Å². The van der Waals surface area contributed by atoms with E-state index in [0.29, 0.717) is 36.3 Å². The molecular weight excluding hydrogens is 373 g/mol. The minimum atomic E-state index is -0.333. The van der Waals surface area contributed by atoms with Gasteiger partial charge in [-0.1, -0.05) is 0 Å². The summed E-state index contributed by atoms with van der Waals surface area (Å²) in [6.45, 7) is 1.64.